The molecule has 1 aliphatic carbocycles. The molecule has 1 fully saturated rings. The van der Waals surface area contributed by atoms with E-state index in [1.807, 2.05) is 29.2 Å². The summed E-state index contributed by atoms with van der Waals surface area (Å²) < 4.78 is 19.1. The number of anilines is 4. The summed E-state index contributed by atoms with van der Waals surface area (Å²) in [4.78, 5) is 17.4. The van der Waals surface area contributed by atoms with Crippen molar-refractivity contribution in [1.29, 1.82) is 0 Å². The van der Waals surface area contributed by atoms with Crippen molar-refractivity contribution in [1.82, 2.24) is 4.72 Å². The first-order chi connectivity index (χ1) is 20.1. The van der Waals surface area contributed by atoms with Crippen molar-refractivity contribution in [2.75, 3.05) is 16.3 Å². The van der Waals surface area contributed by atoms with Gasteiger partial charge in [0.1, 0.15) is 5.82 Å². The highest BCUT2D eigenvalue weighted by molar-refractivity contribution is 7.97. The molecular weight excluding hydrogens is 533 g/mol. The molecule has 41 heavy (non-hydrogen) atoms. The van der Waals surface area contributed by atoms with E-state index in [4.69, 9.17) is 0 Å². The Labute approximate surface area is 244 Å². The third-order valence-corrected chi connectivity index (χ3v) is 9.73. The predicted molar refractivity (Wildman–Crippen MR) is 164 cm³/mol. The average Bonchev–Trinajstić information content (AvgIpc) is 3.20. The smallest absolute Gasteiger partial charge is 0.335 e. The molecule has 4 aromatic rings. The molecule has 2 N–H and O–H groups in total. The van der Waals surface area contributed by atoms with E-state index in [0.29, 0.717) is 24.2 Å². The van der Waals surface area contributed by atoms with E-state index in [-0.39, 0.29) is 11.4 Å². The fraction of sp³-hybridized carbons (Fsp3) is 0.265. The van der Waals surface area contributed by atoms with E-state index >= 15 is 4.39 Å². The molecule has 1 saturated carbocycles. The summed E-state index contributed by atoms with van der Waals surface area (Å²) in [6.07, 6.45) is 6.34. The van der Waals surface area contributed by atoms with Gasteiger partial charge in [-0.25, -0.2) is 9.18 Å². The second-order valence-corrected chi connectivity index (χ2v) is 12.1. The fourth-order valence-electron chi connectivity index (χ4n) is 6.63. The SMILES string of the molecule is O=C(O)c1ccc2c(c1)-c1cc3c(cc1N(c1ccccc1F)C2)N(c1ccccc1)C[C@@H](C1CCCCC1)NS3. The number of benzene rings is 4. The first kappa shape index (κ1) is 26.1. The summed E-state index contributed by atoms with van der Waals surface area (Å²) in [5.41, 5.74) is 6.60. The minimum Gasteiger partial charge on any atom is -0.478 e. The number of carboxylic acids is 1. The van der Waals surface area contributed by atoms with Gasteiger partial charge in [0.15, 0.2) is 0 Å². The quantitative estimate of drug-likeness (QED) is 0.242. The van der Waals surface area contributed by atoms with Gasteiger partial charge in [0.25, 0.3) is 0 Å². The number of carbonyl (C=O) groups is 1. The van der Waals surface area contributed by atoms with Gasteiger partial charge >= 0.3 is 5.97 Å². The molecule has 0 amide bonds. The van der Waals surface area contributed by atoms with Gasteiger partial charge < -0.3 is 14.9 Å². The highest BCUT2D eigenvalue weighted by atomic mass is 32.2. The lowest BCUT2D eigenvalue weighted by Crippen LogP contribution is -2.41. The minimum atomic E-state index is -0.956. The molecule has 2 aliphatic heterocycles. The maximum Gasteiger partial charge on any atom is 0.335 e. The number of carboxylic acid groups (broad SMARTS) is 1. The molecule has 3 aliphatic rings. The molecule has 7 rings (SSSR count). The third-order valence-electron chi connectivity index (χ3n) is 8.76. The van der Waals surface area contributed by atoms with Crippen molar-refractivity contribution in [2.45, 2.75) is 49.6 Å². The van der Waals surface area contributed by atoms with E-state index in [2.05, 4.69) is 46.0 Å². The Hall–Kier alpha value is -3.81. The maximum absolute atomic E-state index is 15.3. The molecule has 0 unspecified atom stereocenters. The van der Waals surface area contributed by atoms with Crippen molar-refractivity contribution >= 4 is 40.7 Å². The van der Waals surface area contributed by atoms with Crippen LogP contribution in [-0.2, 0) is 6.54 Å². The average molecular weight is 566 g/mol. The van der Waals surface area contributed by atoms with Crippen molar-refractivity contribution in [3.8, 4) is 11.1 Å². The summed E-state index contributed by atoms with van der Waals surface area (Å²) in [7, 11) is 0. The second-order valence-electron chi connectivity index (χ2n) is 11.2. The largest absolute Gasteiger partial charge is 0.478 e. The van der Waals surface area contributed by atoms with Gasteiger partial charge in [-0.2, -0.15) is 0 Å². The Bertz CT molecular complexity index is 1610. The first-order valence-corrected chi connectivity index (χ1v) is 15.2. The van der Waals surface area contributed by atoms with E-state index < -0.39 is 5.97 Å². The summed E-state index contributed by atoms with van der Waals surface area (Å²) in [5.74, 6) is -0.630. The molecule has 4 aromatic carbocycles. The van der Waals surface area contributed by atoms with Crippen LogP contribution in [0.1, 0.15) is 48.0 Å². The van der Waals surface area contributed by atoms with Gasteiger partial charge in [0.2, 0.25) is 0 Å². The van der Waals surface area contributed by atoms with Crippen LogP contribution in [0.15, 0.2) is 89.8 Å². The molecule has 0 aromatic heterocycles. The minimum absolute atomic E-state index is 0.248. The number of nitrogens with zero attached hydrogens (tertiary/aromatic N) is 2. The predicted octanol–water partition coefficient (Wildman–Crippen LogP) is 8.54. The Morgan fingerprint density at radius 2 is 1.61 bits per heavy atom. The number of aromatic carboxylic acids is 1. The topological polar surface area (TPSA) is 55.8 Å². The van der Waals surface area contributed by atoms with Crippen LogP contribution < -0.4 is 14.5 Å². The highest BCUT2D eigenvalue weighted by Crippen LogP contribution is 2.50. The molecular formula is C34H32FN3O2S. The molecule has 0 bridgehead atoms. The summed E-state index contributed by atoms with van der Waals surface area (Å²) >= 11 is 1.67. The second kappa shape index (κ2) is 10.9. The monoisotopic (exact) mass is 565 g/mol. The van der Waals surface area contributed by atoms with Crippen LogP contribution in [0.4, 0.5) is 27.1 Å². The molecule has 208 valence electrons. The number of rotatable bonds is 4. The standard InChI is InChI=1S/C34H32FN3O2S/c35-28-13-7-8-14-30(28)38-20-24-16-15-23(34(39)40)17-26(24)27-18-33-32(19-31(27)38)37(25-11-5-2-6-12-25)21-29(36-41-33)22-9-3-1-4-10-22/h2,5-8,11-19,22,29,36H,1,3-4,9-10,20-21H2,(H,39,40)/t29-/m0/s1. The van der Waals surface area contributed by atoms with Crippen molar-refractivity contribution in [3.63, 3.8) is 0 Å². The zero-order valence-electron chi connectivity index (χ0n) is 22.7. The van der Waals surface area contributed by atoms with Crippen LogP contribution in [-0.4, -0.2) is 23.7 Å². The van der Waals surface area contributed by atoms with Crippen LogP contribution in [0.3, 0.4) is 0 Å². The number of hydrogen-bond acceptors (Lipinski definition) is 5. The van der Waals surface area contributed by atoms with E-state index in [1.165, 1.54) is 38.2 Å². The lowest BCUT2D eigenvalue weighted by atomic mass is 9.84. The molecule has 0 radical (unpaired) electrons. The van der Waals surface area contributed by atoms with Crippen LogP contribution in [0.2, 0.25) is 0 Å². The van der Waals surface area contributed by atoms with Crippen LogP contribution in [0.25, 0.3) is 11.1 Å². The zero-order chi connectivity index (χ0) is 27.9. The van der Waals surface area contributed by atoms with Crippen LogP contribution in [0, 0.1) is 11.7 Å². The molecule has 2 heterocycles. The molecule has 0 saturated heterocycles. The van der Waals surface area contributed by atoms with Gasteiger partial charge in [-0.15, -0.1) is 0 Å². The highest BCUT2D eigenvalue weighted by Gasteiger charge is 2.33. The maximum atomic E-state index is 15.3. The lowest BCUT2D eigenvalue weighted by molar-refractivity contribution is 0.0697. The Kier molecular flexibility index (Phi) is 6.93. The van der Waals surface area contributed by atoms with Crippen molar-refractivity contribution < 1.29 is 14.3 Å². The Balaban J connectivity index is 1.41. The van der Waals surface area contributed by atoms with Gasteiger partial charge in [-0.1, -0.05) is 55.7 Å². The van der Waals surface area contributed by atoms with Crippen molar-refractivity contribution in [3.05, 3.63) is 102 Å². The lowest BCUT2D eigenvalue weighted by Gasteiger charge is -2.36. The van der Waals surface area contributed by atoms with Crippen LogP contribution in [0.5, 0.6) is 0 Å². The Morgan fingerprint density at radius 1 is 0.829 bits per heavy atom. The van der Waals surface area contributed by atoms with Crippen molar-refractivity contribution in [2.24, 2.45) is 5.92 Å². The van der Waals surface area contributed by atoms with Gasteiger partial charge in [-0.3, -0.25) is 4.72 Å². The fourth-order valence-corrected chi connectivity index (χ4v) is 7.63. The molecule has 0 spiro atoms. The number of hydrogen-bond donors (Lipinski definition) is 2. The van der Waals surface area contributed by atoms with Crippen LogP contribution >= 0.6 is 11.9 Å². The van der Waals surface area contributed by atoms with E-state index in [1.54, 1.807) is 30.1 Å². The van der Waals surface area contributed by atoms with E-state index in [0.717, 1.165) is 45.2 Å². The third kappa shape index (κ3) is 4.87. The number of para-hydroxylation sites is 2. The molecule has 7 heteroatoms. The molecule has 1 atom stereocenters. The molecule has 5 nitrogen and oxygen atoms in total. The van der Waals surface area contributed by atoms with Gasteiger partial charge in [0, 0.05) is 35.3 Å². The number of halogens is 1. The number of fused-ring (bicyclic) bond motifs is 4. The normalized spacial score (nSPS) is 18.7. The number of nitrogens with one attached hydrogen (secondary N) is 1. The summed E-state index contributed by atoms with van der Waals surface area (Å²) in [5, 5.41) is 9.76. The van der Waals surface area contributed by atoms with E-state index in [9.17, 15) is 9.90 Å². The Morgan fingerprint density at radius 3 is 2.39 bits per heavy atom. The van der Waals surface area contributed by atoms with Gasteiger partial charge in [0.05, 0.1) is 22.6 Å². The first-order valence-electron chi connectivity index (χ1n) is 14.4. The van der Waals surface area contributed by atoms with Gasteiger partial charge in [-0.05, 0) is 90.4 Å². The zero-order valence-corrected chi connectivity index (χ0v) is 23.5. The summed E-state index contributed by atoms with van der Waals surface area (Å²) in [6.45, 7) is 1.29. The summed E-state index contributed by atoms with van der Waals surface area (Å²) in [6, 6.07) is 27.3.